The second-order valence-electron chi connectivity index (χ2n) is 5.78. The average Bonchev–Trinajstić information content (AvgIpc) is 2.76. The molecule has 2 rings (SSSR count). The molecule has 0 aliphatic carbocycles. The Morgan fingerprint density at radius 2 is 1.95 bits per heavy atom. The van der Waals surface area contributed by atoms with E-state index in [2.05, 4.69) is 60.7 Å². The van der Waals surface area contributed by atoms with Gasteiger partial charge in [0.15, 0.2) is 5.82 Å². The molecule has 0 saturated heterocycles. The number of hydrogen-bond acceptors (Lipinski definition) is 4. The van der Waals surface area contributed by atoms with Gasteiger partial charge in [-0.2, -0.15) is 0 Å². The maximum atomic E-state index is 4.08. The van der Waals surface area contributed by atoms with E-state index in [-0.39, 0.29) is 5.54 Å². The van der Waals surface area contributed by atoms with Crippen LogP contribution >= 0.6 is 0 Å². The summed E-state index contributed by atoms with van der Waals surface area (Å²) in [6, 6.07) is 8.30. The number of rotatable bonds is 4. The normalized spacial score (nSPS) is 11.8. The first-order valence-electron chi connectivity index (χ1n) is 6.50. The van der Waals surface area contributed by atoms with Crippen LogP contribution in [-0.2, 0) is 13.1 Å². The van der Waals surface area contributed by atoms with Crippen LogP contribution in [0.5, 0.6) is 0 Å². The molecule has 0 saturated carbocycles. The topological polar surface area (TPSA) is 55.6 Å². The van der Waals surface area contributed by atoms with Gasteiger partial charge in [-0.3, -0.25) is 0 Å². The van der Waals surface area contributed by atoms with E-state index in [0.717, 1.165) is 5.82 Å². The second-order valence-corrected chi connectivity index (χ2v) is 5.78. The summed E-state index contributed by atoms with van der Waals surface area (Å²) in [5.74, 6) is 0.859. The predicted octanol–water partition coefficient (Wildman–Crippen LogP) is 1.92. The fourth-order valence-electron chi connectivity index (χ4n) is 1.77. The van der Waals surface area contributed by atoms with Gasteiger partial charge < -0.3 is 5.32 Å². The molecule has 1 aromatic heterocycles. The minimum absolute atomic E-state index is 0.0550. The van der Waals surface area contributed by atoms with Gasteiger partial charge in [0.05, 0.1) is 13.1 Å². The van der Waals surface area contributed by atoms with Crippen LogP contribution in [0.4, 0.5) is 0 Å². The third-order valence-corrected chi connectivity index (χ3v) is 2.96. The number of aryl methyl sites for hydroxylation is 1. The van der Waals surface area contributed by atoms with Crippen LogP contribution < -0.4 is 5.32 Å². The Hall–Kier alpha value is -1.75. The van der Waals surface area contributed by atoms with Gasteiger partial charge in [0.2, 0.25) is 0 Å². The molecule has 0 spiro atoms. The van der Waals surface area contributed by atoms with Crippen LogP contribution in [0.25, 0.3) is 0 Å². The lowest BCUT2D eigenvalue weighted by Gasteiger charge is -2.20. The van der Waals surface area contributed by atoms with Gasteiger partial charge in [-0.1, -0.05) is 24.3 Å². The summed E-state index contributed by atoms with van der Waals surface area (Å²) in [4.78, 5) is 0. The van der Waals surface area contributed by atoms with Gasteiger partial charge in [-0.25, -0.2) is 4.68 Å². The van der Waals surface area contributed by atoms with E-state index in [1.54, 1.807) is 0 Å². The van der Waals surface area contributed by atoms with Crippen LogP contribution in [-0.4, -0.2) is 25.7 Å². The molecule has 0 aliphatic heterocycles. The highest BCUT2D eigenvalue weighted by molar-refractivity contribution is 5.25. The summed E-state index contributed by atoms with van der Waals surface area (Å²) in [7, 11) is 0. The number of aromatic nitrogens is 4. The van der Waals surface area contributed by atoms with Crippen LogP contribution in [0.2, 0.25) is 0 Å². The second kappa shape index (κ2) is 5.48. The molecule has 0 unspecified atom stereocenters. The number of hydrogen-bond donors (Lipinski definition) is 1. The molecule has 102 valence electrons. The predicted molar refractivity (Wildman–Crippen MR) is 74.7 cm³/mol. The van der Waals surface area contributed by atoms with Crippen molar-refractivity contribution in [2.75, 3.05) is 0 Å². The summed E-state index contributed by atoms with van der Waals surface area (Å²) in [5, 5.41) is 15.3. The summed E-state index contributed by atoms with van der Waals surface area (Å²) in [6.45, 7) is 9.86. The Balaban J connectivity index is 2.10. The Bertz CT molecular complexity index is 539. The zero-order valence-electron chi connectivity index (χ0n) is 12.0. The number of tetrazole rings is 1. The first kappa shape index (κ1) is 13.7. The van der Waals surface area contributed by atoms with E-state index >= 15 is 0 Å². The Kier molecular flexibility index (Phi) is 3.95. The molecule has 5 heteroatoms. The minimum atomic E-state index is 0.0550. The molecule has 2 aromatic rings. The number of benzene rings is 1. The molecule has 0 amide bonds. The van der Waals surface area contributed by atoms with Gasteiger partial charge in [0.25, 0.3) is 0 Å². The monoisotopic (exact) mass is 259 g/mol. The molecule has 19 heavy (non-hydrogen) atoms. The highest BCUT2D eigenvalue weighted by Gasteiger charge is 2.13. The van der Waals surface area contributed by atoms with Gasteiger partial charge in [0, 0.05) is 5.54 Å². The van der Waals surface area contributed by atoms with E-state index in [0.29, 0.717) is 13.1 Å². The van der Waals surface area contributed by atoms with Crippen molar-refractivity contribution < 1.29 is 0 Å². The molecule has 1 heterocycles. The first-order valence-corrected chi connectivity index (χ1v) is 6.50. The van der Waals surface area contributed by atoms with E-state index in [9.17, 15) is 0 Å². The van der Waals surface area contributed by atoms with Crippen molar-refractivity contribution in [3.63, 3.8) is 0 Å². The summed E-state index contributed by atoms with van der Waals surface area (Å²) in [5.41, 5.74) is 2.55. The standard InChI is InChI=1S/C14H21N5/c1-11-7-5-6-8-12(11)10-19-13(16-17-18-19)9-15-14(2,3)4/h5-8,15H,9-10H2,1-4H3. The molecule has 0 atom stereocenters. The van der Waals surface area contributed by atoms with Crippen LogP contribution in [0.1, 0.15) is 37.7 Å². The Morgan fingerprint density at radius 1 is 1.21 bits per heavy atom. The fourth-order valence-corrected chi connectivity index (χ4v) is 1.77. The fraction of sp³-hybridized carbons (Fsp3) is 0.500. The van der Waals surface area contributed by atoms with E-state index in [1.807, 2.05) is 16.8 Å². The van der Waals surface area contributed by atoms with Crippen LogP contribution in [0, 0.1) is 6.92 Å². The summed E-state index contributed by atoms with van der Waals surface area (Å²) >= 11 is 0. The van der Waals surface area contributed by atoms with Crippen molar-refractivity contribution in [1.82, 2.24) is 25.5 Å². The Morgan fingerprint density at radius 3 is 2.63 bits per heavy atom. The maximum absolute atomic E-state index is 4.08. The van der Waals surface area contributed by atoms with Gasteiger partial charge in [-0.05, 0) is 49.2 Å². The third kappa shape index (κ3) is 3.86. The van der Waals surface area contributed by atoms with Crippen molar-refractivity contribution in [3.05, 3.63) is 41.2 Å². The van der Waals surface area contributed by atoms with Crippen molar-refractivity contribution >= 4 is 0 Å². The average molecular weight is 259 g/mol. The highest BCUT2D eigenvalue weighted by atomic mass is 15.5. The molecule has 0 bridgehead atoms. The van der Waals surface area contributed by atoms with Crippen LogP contribution in [0.3, 0.4) is 0 Å². The summed E-state index contributed by atoms with van der Waals surface area (Å²) in [6.07, 6.45) is 0. The van der Waals surface area contributed by atoms with Crippen molar-refractivity contribution in [2.45, 2.75) is 46.3 Å². The van der Waals surface area contributed by atoms with Gasteiger partial charge >= 0.3 is 0 Å². The largest absolute Gasteiger partial charge is 0.305 e. The van der Waals surface area contributed by atoms with Gasteiger partial charge in [-0.15, -0.1) is 5.10 Å². The molecule has 1 aromatic carbocycles. The lowest BCUT2D eigenvalue weighted by Crippen LogP contribution is -2.36. The van der Waals surface area contributed by atoms with E-state index < -0.39 is 0 Å². The third-order valence-electron chi connectivity index (χ3n) is 2.96. The van der Waals surface area contributed by atoms with E-state index in [1.165, 1.54) is 11.1 Å². The van der Waals surface area contributed by atoms with Crippen molar-refractivity contribution in [2.24, 2.45) is 0 Å². The number of nitrogens with zero attached hydrogens (tertiary/aromatic N) is 4. The zero-order valence-corrected chi connectivity index (χ0v) is 12.0. The molecular weight excluding hydrogens is 238 g/mol. The van der Waals surface area contributed by atoms with Crippen molar-refractivity contribution in [1.29, 1.82) is 0 Å². The zero-order chi connectivity index (χ0) is 13.9. The SMILES string of the molecule is Cc1ccccc1Cn1nnnc1CNC(C)(C)C. The first-order chi connectivity index (χ1) is 8.96. The van der Waals surface area contributed by atoms with E-state index in [4.69, 9.17) is 0 Å². The molecule has 0 aliphatic rings. The molecular formula is C14H21N5. The maximum Gasteiger partial charge on any atom is 0.165 e. The lowest BCUT2D eigenvalue weighted by molar-refractivity contribution is 0.410. The molecule has 0 fully saturated rings. The number of nitrogens with one attached hydrogen (secondary N) is 1. The smallest absolute Gasteiger partial charge is 0.165 e. The Labute approximate surface area is 114 Å². The highest BCUT2D eigenvalue weighted by Crippen LogP contribution is 2.09. The quantitative estimate of drug-likeness (QED) is 0.911. The summed E-state index contributed by atoms with van der Waals surface area (Å²) < 4.78 is 1.85. The minimum Gasteiger partial charge on any atom is -0.305 e. The van der Waals surface area contributed by atoms with Crippen LogP contribution in [0.15, 0.2) is 24.3 Å². The molecule has 0 radical (unpaired) electrons. The lowest BCUT2D eigenvalue weighted by atomic mass is 10.1. The molecule has 1 N–H and O–H groups in total. The van der Waals surface area contributed by atoms with Crippen molar-refractivity contribution in [3.8, 4) is 0 Å². The van der Waals surface area contributed by atoms with Gasteiger partial charge in [0.1, 0.15) is 0 Å². The molecule has 5 nitrogen and oxygen atoms in total.